The second-order valence-corrected chi connectivity index (χ2v) is 7.78. The molecule has 1 atom stereocenters. The van der Waals surface area contributed by atoms with Gasteiger partial charge in [-0.15, -0.1) is 0 Å². The molecule has 1 aromatic heterocycles. The average molecular weight is 349 g/mol. The van der Waals surface area contributed by atoms with Gasteiger partial charge in [-0.05, 0) is 31.0 Å². The van der Waals surface area contributed by atoms with Crippen LogP contribution in [0.3, 0.4) is 0 Å². The molecule has 2 aromatic rings. The number of nitrogens with zero attached hydrogens (tertiary/aromatic N) is 2. The van der Waals surface area contributed by atoms with E-state index in [-0.39, 0.29) is 10.6 Å². The van der Waals surface area contributed by atoms with E-state index in [1.54, 1.807) is 35.0 Å². The quantitative estimate of drug-likeness (QED) is 0.792. The van der Waals surface area contributed by atoms with Gasteiger partial charge in [0.15, 0.2) is 9.84 Å². The molecule has 130 valence electrons. The highest BCUT2D eigenvalue weighted by Gasteiger charge is 2.31. The smallest absolute Gasteiger partial charge is 0.269 e. The minimum absolute atomic E-state index is 0.0998. The third-order valence-electron chi connectivity index (χ3n) is 3.93. The van der Waals surface area contributed by atoms with E-state index < -0.39 is 21.0 Å². The van der Waals surface area contributed by atoms with E-state index in [4.69, 9.17) is 5.73 Å². The summed E-state index contributed by atoms with van der Waals surface area (Å²) in [7, 11) is -3.58. The third-order valence-corrected chi connectivity index (χ3v) is 6.19. The predicted molar refractivity (Wildman–Crippen MR) is 92.3 cm³/mol. The Morgan fingerprint density at radius 1 is 1.25 bits per heavy atom. The summed E-state index contributed by atoms with van der Waals surface area (Å²) in [6.45, 7) is 4.41. The number of carbonyl (C=O) groups is 1. The molecule has 2 N–H and O–H groups in total. The van der Waals surface area contributed by atoms with Gasteiger partial charge >= 0.3 is 0 Å². The molecule has 0 bridgehead atoms. The molecule has 0 aliphatic carbocycles. The summed E-state index contributed by atoms with van der Waals surface area (Å²) in [5.41, 5.74) is 5.94. The summed E-state index contributed by atoms with van der Waals surface area (Å²) in [5.74, 6) is -0.654. The average Bonchev–Trinajstić information content (AvgIpc) is 2.98. The normalized spacial score (nSPS) is 12.9. The maximum absolute atomic E-state index is 13.0. The molecular formula is C17H23N3O3S. The van der Waals surface area contributed by atoms with Crippen LogP contribution >= 0.6 is 0 Å². The summed E-state index contributed by atoms with van der Waals surface area (Å²) < 4.78 is 27.6. The van der Waals surface area contributed by atoms with E-state index in [9.17, 15) is 13.2 Å². The lowest BCUT2D eigenvalue weighted by atomic mass is 10.2. The lowest BCUT2D eigenvalue weighted by molar-refractivity contribution is 0.0994. The minimum atomic E-state index is -3.58. The van der Waals surface area contributed by atoms with Gasteiger partial charge in [-0.25, -0.2) is 8.42 Å². The molecule has 1 amide bonds. The SMILES string of the molecule is CCCCn1nc(C(N)=O)cc1C(CC)S(=O)(=O)c1ccccc1. The Balaban J connectivity index is 2.52. The van der Waals surface area contributed by atoms with E-state index in [1.807, 2.05) is 13.8 Å². The number of aromatic nitrogens is 2. The van der Waals surface area contributed by atoms with Crippen molar-refractivity contribution in [3.63, 3.8) is 0 Å². The zero-order valence-corrected chi connectivity index (χ0v) is 14.8. The number of carbonyl (C=O) groups excluding carboxylic acids is 1. The molecule has 1 unspecified atom stereocenters. The van der Waals surface area contributed by atoms with Crippen molar-refractivity contribution in [3.05, 3.63) is 47.8 Å². The van der Waals surface area contributed by atoms with E-state index in [2.05, 4.69) is 5.10 Å². The van der Waals surface area contributed by atoms with Crippen LogP contribution in [0.5, 0.6) is 0 Å². The topological polar surface area (TPSA) is 95.1 Å². The Bertz CT molecular complexity index is 798. The molecule has 0 aliphatic heterocycles. The van der Waals surface area contributed by atoms with Crippen molar-refractivity contribution in [2.45, 2.75) is 49.8 Å². The van der Waals surface area contributed by atoms with Crippen molar-refractivity contribution in [2.24, 2.45) is 5.73 Å². The van der Waals surface area contributed by atoms with Crippen molar-refractivity contribution in [2.75, 3.05) is 0 Å². The second-order valence-electron chi connectivity index (χ2n) is 5.65. The van der Waals surface area contributed by atoms with E-state index in [0.29, 0.717) is 18.7 Å². The molecule has 2 rings (SSSR count). The van der Waals surface area contributed by atoms with Crippen LogP contribution in [0.1, 0.15) is 54.5 Å². The summed E-state index contributed by atoms with van der Waals surface area (Å²) in [4.78, 5) is 11.7. The van der Waals surface area contributed by atoms with Crippen molar-refractivity contribution in [1.82, 2.24) is 9.78 Å². The first-order valence-electron chi connectivity index (χ1n) is 8.08. The first kappa shape index (κ1) is 18.2. The predicted octanol–water partition coefficient (Wildman–Crippen LogP) is 2.71. The van der Waals surface area contributed by atoms with Gasteiger partial charge in [-0.3, -0.25) is 9.48 Å². The molecule has 0 fully saturated rings. The highest BCUT2D eigenvalue weighted by molar-refractivity contribution is 7.91. The molecule has 6 nitrogen and oxygen atoms in total. The Morgan fingerprint density at radius 3 is 2.46 bits per heavy atom. The van der Waals surface area contributed by atoms with Gasteiger partial charge in [0.05, 0.1) is 10.6 Å². The second kappa shape index (κ2) is 7.61. The van der Waals surface area contributed by atoms with E-state index in [1.165, 1.54) is 6.07 Å². The molecule has 1 aromatic carbocycles. The van der Waals surface area contributed by atoms with Crippen LogP contribution in [-0.4, -0.2) is 24.1 Å². The van der Waals surface area contributed by atoms with Gasteiger partial charge in [-0.2, -0.15) is 5.10 Å². The number of hydrogen-bond donors (Lipinski definition) is 1. The number of rotatable bonds is 8. The van der Waals surface area contributed by atoms with Gasteiger partial charge in [0.25, 0.3) is 5.91 Å². The van der Waals surface area contributed by atoms with Gasteiger partial charge < -0.3 is 5.73 Å². The van der Waals surface area contributed by atoms with Crippen LogP contribution in [-0.2, 0) is 16.4 Å². The molecule has 0 saturated carbocycles. The first-order chi connectivity index (χ1) is 11.4. The number of unbranched alkanes of at least 4 members (excludes halogenated alkanes) is 1. The van der Waals surface area contributed by atoms with E-state index >= 15 is 0 Å². The first-order valence-corrected chi connectivity index (χ1v) is 9.62. The molecule has 0 spiro atoms. The summed E-state index contributed by atoms with van der Waals surface area (Å²) in [5, 5.41) is 3.43. The number of nitrogens with two attached hydrogens (primary N) is 1. The Kier molecular flexibility index (Phi) is 5.77. The number of aryl methyl sites for hydroxylation is 1. The molecule has 0 radical (unpaired) electrons. The Morgan fingerprint density at radius 2 is 1.92 bits per heavy atom. The van der Waals surface area contributed by atoms with Crippen LogP contribution in [0.15, 0.2) is 41.3 Å². The molecule has 7 heteroatoms. The standard InChI is InChI=1S/C17H23N3O3S/c1-3-5-11-20-15(12-14(19-20)17(18)21)16(4-2)24(22,23)13-9-7-6-8-10-13/h6-10,12,16H,3-5,11H2,1-2H3,(H2,18,21). The number of benzene rings is 1. The van der Waals surface area contributed by atoms with Gasteiger partial charge in [0.1, 0.15) is 10.9 Å². The van der Waals surface area contributed by atoms with Gasteiger partial charge in [-0.1, -0.05) is 38.5 Å². The maximum atomic E-state index is 13.0. The largest absolute Gasteiger partial charge is 0.364 e. The summed E-state index contributed by atoms with van der Waals surface area (Å²) in [6, 6.07) is 9.84. The van der Waals surface area contributed by atoms with Crippen LogP contribution < -0.4 is 5.73 Å². The lowest BCUT2D eigenvalue weighted by Crippen LogP contribution is -2.18. The number of amides is 1. The van der Waals surface area contributed by atoms with Gasteiger partial charge in [0, 0.05) is 6.54 Å². The van der Waals surface area contributed by atoms with Crippen molar-refractivity contribution in [3.8, 4) is 0 Å². The number of sulfone groups is 1. The van der Waals surface area contributed by atoms with Crippen LogP contribution in [0, 0.1) is 0 Å². The zero-order chi connectivity index (χ0) is 17.7. The monoisotopic (exact) mass is 349 g/mol. The molecular weight excluding hydrogens is 326 g/mol. The fraction of sp³-hybridized carbons (Fsp3) is 0.412. The third kappa shape index (κ3) is 3.67. The van der Waals surface area contributed by atoms with Crippen molar-refractivity contribution >= 4 is 15.7 Å². The summed E-state index contributed by atoms with van der Waals surface area (Å²) in [6.07, 6.45) is 2.16. The summed E-state index contributed by atoms with van der Waals surface area (Å²) >= 11 is 0. The van der Waals surface area contributed by atoms with Gasteiger partial charge in [0.2, 0.25) is 0 Å². The highest BCUT2D eigenvalue weighted by Crippen LogP contribution is 2.32. The van der Waals surface area contributed by atoms with Crippen LogP contribution in [0.4, 0.5) is 0 Å². The zero-order valence-electron chi connectivity index (χ0n) is 14.0. The Labute approximate surface area is 142 Å². The van der Waals surface area contributed by atoms with Crippen LogP contribution in [0.2, 0.25) is 0 Å². The van der Waals surface area contributed by atoms with Crippen molar-refractivity contribution in [1.29, 1.82) is 0 Å². The fourth-order valence-corrected chi connectivity index (χ4v) is 4.47. The molecule has 0 aliphatic rings. The van der Waals surface area contributed by atoms with Crippen LogP contribution in [0.25, 0.3) is 0 Å². The fourth-order valence-electron chi connectivity index (χ4n) is 2.66. The molecule has 1 heterocycles. The van der Waals surface area contributed by atoms with E-state index in [0.717, 1.165) is 12.8 Å². The molecule has 24 heavy (non-hydrogen) atoms. The Hall–Kier alpha value is -2.15. The van der Waals surface area contributed by atoms with Crippen molar-refractivity contribution < 1.29 is 13.2 Å². The highest BCUT2D eigenvalue weighted by atomic mass is 32.2. The maximum Gasteiger partial charge on any atom is 0.269 e. The lowest BCUT2D eigenvalue weighted by Gasteiger charge is -2.17. The molecule has 0 saturated heterocycles. The number of hydrogen-bond acceptors (Lipinski definition) is 4. The minimum Gasteiger partial charge on any atom is -0.364 e. The number of primary amides is 1.